The summed E-state index contributed by atoms with van der Waals surface area (Å²) in [6.07, 6.45) is 0.0491. The van der Waals surface area contributed by atoms with E-state index in [0.717, 1.165) is 9.87 Å². The molecule has 4 nitrogen and oxygen atoms in total. The molecule has 1 aliphatic heterocycles. The van der Waals surface area contributed by atoms with Crippen LogP contribution in [0.3, 0.4) is 0 Å². The molecule has 0 bridgehead atoms. The third-order valence-electron chi connectivity index (χ3n) is 4.06. The number of hydrogen-bond donors (Lipinski definition) is 1. The Kier molecular flexibility index (Phi) is 5.32. The van der Waals surface area contributed by atoms with Crippen molar-refractivity contribution < 1.29 is 13.5 Å². The Labute approximate surface area is 154 Å². The Morgan fingerprint density at radius 3 is 2.38 bits per heavy atom. The van der Waals surface area contributed by atoms with Crippen molar-refractivity contribution in [1.82, 2.24) is 4.31 Å². The zero-order valence-corrected chi connectivity index (χ0v) is 15.3. The molecule has 1 unspecified atom stereocenters. The monoisotopic (exact) mass is 365 g/mol. The smallest absolute Gasteiger partial charge is 0.270 e. The van der Waals surface area contributed by atoms with E-state index in [1.54, 1.807) is 36.4 Å². The second kappa shape index (κ2) is 7.66. The Bertz CT molecular complexity index is 1020. The molecule has 0 saturated carbocycles. The third-order valence-corrected chi connectivity index (χ3v) is 5.79. The first-order valence-corrected chi connectivity index (χ1v) is 9.80. The van der Waals surface area contributed by atoms with E-state index >= 15 is 0 Å². The molecule has 3 rings (SSSR count). The van der Waals surface area contributed by atoms with Crippen LogP contribution in [-0.2, 0) is 10.0 Å². The summed E-state index contributed by atoms with van der Waals surface area (Å²) < 4.78 is 27.1. The van der Waals surface area contributed by atoms with Gasteiger partial charge >= 0.3 is 0 Å². The van der Waals surface area contributed by atoms with E-state index in [2.05, 4.69) is 23.8 Å². The second-order valence-electron chi connectivity index (χ2n) is 6.10. The van der Waals surface area contributed by atoms with Crippen LogP contribution in [0.4, 0.5) is 0 Å². The highest BCUT2D eigenvalue weighted by Gasteiger charge is 2.22. The summed E-state index contributed by atoms with van der Waals surface area (Å²) in [4.78, 5) is 0.206. The fraction of sp³-hybridized carbons (Fsp3) is 0.238. The lowest BCUT2D eigenvalue weighted by Crippen LogP contribution is -2.28. The molecule has 26 heavy (non-hydrogen) atoms. The van der Waals surface area contributed by atoms with E-state index in [4.69, 9.17) is 0 Å². The number of hydrogen-bond acceptors (Lipinski definition) is 3. The molecule has 1 atom stereocenters. The lowest BCUT2D eigenvalue weighted by Gasteiger charge is -2.18. The van der Waals surface area contributed by atoms with Crippen LogP contribution in [-0.4, -0.2) is 30.5 Å². The van der Waals surface area contributed by atoms with Gasteiger partial charge in [-0.3, -0.25) is 0 Å². The van der Waals surface area contributed by atoms with Crippen molar-refractivity contribution in [3.63, 3.8) is 0 Å². The van der Waals surface area contributed by atoms with Gasteiger partial charge in [0.1, 0.15) is 6.10 Å². The molecule has 5 heteroatoms. The van der Waals surface area contributed by atoms with Crippen molar-refractivity contribution in [3.8, 4) is 23.8 Å². The largest absolute Gasteiger partial charge is 0.380 e. The Morgan fingerprint density at radius 1 is 1.04 bits per heavy atom. The van der Waals surface area contributed by atoms with Gasteiger partial charge in [0, 0.05) is 23.7 Å². The molecule has 0 fully saturated rings. The third kappa shape index (κ3) is 4.08. The molecule has 2 aromatic rings. The average Bonchev–Trinajstić information content (AvgIpc) is 2.66. The van der Waals surface area contributed by atoms with Crippen LogP contribution in [0.15, 0.2) is 53.4 Å². The van der Waals surface area contributed by atoms with Gasteiger partial charge in [-0.2, -0.15) is 0 Å². The van der Waals surface area contributed by atoms with Crippen molar-refractivity contribution >= 4 is 10.0 Å². The molecule has 0 saturated heterocycles. The van der Waals surface area contributed by atoms with Gasteiger partial charge in [0.05, 0.1) is 4.90 Å². The van der Waals surface area contributed by atoms with Gasteiger partial charge in [-0.05, 0) is 50.0 Å². The summed E-state index contributed by atoms with van der Waals surface area (Å²) in [6, 6.07) is 16.7. The van der Waals surface area contributed by atoms with Crippen molar-refractivity contribution in [1.29, 1.82) is 0 Å². The molecule has 0 radical (unpaired) electrons. The Morgan fingerprint density at radius 2 is 1.69 bits per heavy atom. The number of aryl methyl sites for hydroxylation is 1. The Balaban J connectivity index is 2.04. The molecule has 0 aliphatic carbocycles. The number of rotatable bonds is 2. The zero-order chi connectivity index (χ0) is 18.6. The summed E-state index contributed by atoms with van der Waals surface area (Å²) in [6.45, 7) is 2.10. The van der Waals surface area contributed by atoms with Crippen molar-refractivity contribution in [2.75, 3.05) is 6.54 Å². The highest BCUT2D eigenvalue weighted by molar-refractivity contribution is 7.89. The molecule has 1 aliphatic rings. The maximum Gasteiger partial charge on any atom is 0.270 e. The normalized spacial score (nSPS) is 17.0. The summed E-state index contributed by atoms with van der Waals surface area (Å²) in [5.41, 5.74) is 2.30. The maximum absolute atomic E-state index is 13.0. The van der Waals surface area contributed by atoms with Gasteiger partial charge < -0.3 is 5.11 Å². The molecular weight excluding hydrogens is 346 g/mol. The maximum atomic E-state index is 13.0. The van der Waals surface area contributed by atoms with Gasteiger partial charge in [-0.1, -0.05) is 41.7 Å². The van der Waals surface area contributed by atoms with E-state index in [9.17, 15) is 13.5 Å². The van der Waals surface area contributed by atoms with Gasteiger partial charge in [0.2, 0.25) is 0 Å². The molecule has 0 spiro atoms. The van der Waals surface area contributed by atoms with E-state index in [0.29, 0.717) is 24.0 Å². The lowest BCUT2D eigenvalue weighted by molar-refractivity contribution is 0.216. The topological polar surface area (TPSA) is 57.6 Å². The van der Waals surface area contributed by atoms with Crippen LogP contribution < -0.4 is 0 Å². The minimum Gasteiger partial charge on any atom is -0.380 e. The molecule has 1 heterocycles. The first kappa shape index (κ1) is 18.1. The van der Waals surface area contributed by atoms with Crippen LogP contribution in [0.25, 0.3) is 0 Å². The molecule has 2 aromatic carbocycles. The molecule has 1 N–H and O–H groups in total. The number of aliphatic hydroxyl groups excluding tert-OH is 1. The number of benzene rings is 2. The minimum atomic E-state index is -3.74. The molecule has 132 valence electrons. The number of sulfonamides is 1. The summed E-state index contributed by atoms with van der Waals surface area (Å²) in [5.74, 6) is 8.65. The van der Waals surface area contributed by atoms with Crippen LogP contribution in [0.2, 0.25) is 0 Å². The highest BCUT2D eigenvalue weighted by Crippen LogP contribution is 2.17. The van der Waals surface area contributed by atoms with Crippen molar-refractivity contribution in [2.45, 2.75) is 30.8 Å². The predicted octanol–water partition coefficient (Wildman–Crippen LogP) is 2.50. The van der Waals surface area contributed by atoms with Gasteiger partial charge in [0.15, 0.2) is 0 Å². The molecule has 0 amide bonds. The van der Waals surface area contributed by atoms with Crippen LogP contribution in [0.1, 0.15) is 29.5 Å². The molecule has 0 aromatic heterocycles. The first-order chi connectivity index (χ1) is 12.5. The SMILES string of the molecule is Cc1ccc(S(=O)(=O)N2C#Cc3ccccc3C#CC(O)CCC2)cc1. The number of aliphatic hydroxyl groups is 1. The average molecular weight is 365 g/mol. The molecular formula is C21H19NO3S. The van der Waals surface area contributed by atoms with E-state index in [1.807, 2.05) is 19.1 Å². The van der Waals surface area contributed by atoms with Crippen LogP contribution in [0, 0.1) is 30.7 Å². The second-order valence-corrected chi connectivity index (χ2v) is 7.96. The number of fused-ring (bicyclic) bond motifs is 1. The fourth-order valence-electron chi connectivity index (χ4n) is 2.56. The summed E-state index contributed by atoms with van der Waals surface area (Å²) in [5, 5.41) is 10.0. The summed E-state index contributed by atoms with van der Waals surface area (Å²) >= 11 is 0. The first-order valence-electron chi connectivity index (χ1n) is 8.36. The van der Waals surface area contributed by atoms with E-state index in [1.165, 1.54) is 0 Å². The predicted molar refractivity (Wildman–Crippen MR) is 101 cm³/mol. The minimum absolute atomic E-state index is 0.199. The van der Waals surface area contributed by atoms with E-state index in [-0.39, 0.29) is 11.4 Å². The highest BCUT2D eigenvalue weighted by atomic mass is 32.2. The van der Waals surface area contributed by atoms with Crippen LogP contribution >= 0.6 is 0 Å². The van der Waals surface area contributed by atoms with Gasteiger partial charge in [-0.25, -0.2) is 12.7 Å². The van der Waals surface area contributed by atoms with Gasteiger partial charge in [-0.15, -0.1) is 0 Å². The van der Waals surface area contributed by atoms with Gasteiger partial charge in [0.25, 0.3) is 10.0 Å². The Hall–Kier alpha value is -2.73. The quantitative estimate of drug-likeness (QED) is 0.832. The number of nitrogens with zero attached hydrogens (tertiary/aromatic N) is 1. The van der Waals surface area contributed by atoms with Crippen molar-refractivity contribution in [3.05, 3.63) is 65.2 Å². The van der Waals surface area contributed by atoms with Crippen LogP contribution in [0.5, 0.6) is 0 Å². The van der Waals surface area contributed by atoms with E-state index < -0.39 is 16.1 Å². The summed E-state index contributed by atoms with van der Waals surface area (Å²) in [7, 11) is -3.74. The zero-order valence-electron chi connectivity index (χ0n) is 14.4. The fourth-order valence-corrected chi connectivity index (χ4v) is 3.83. The standard InChI is InChI=1S/C21H19NO3S/c1-17-8-12-21(13-9-17)26(24,25)22-15-4-7-20(23)11-10-18-5-2-3-6-19(18)14-16-22/h2-3,5-6,8-9,12-13,20,23H,4,7,15H2,1H3. The van der Waals surface area contributed by atoms with Crippen molar-refractivity contribution in [2.24, 2.45) is 0 Å². The lowest BCUT2D eigenvalue weighted by atomic mass is 10.1.